The van der Waals surface area contributed by atoms with E-state index in [0.29, 0.717) is 23.5 Å². The van der Waals surface area contributed by atoms with Gasteiger partial charge in [0.15, 0.2) is 0 Å². The first-order valence-electron chi connectivity index (χ1n) is 5.56. The summed E-state index contributed by atoms with van der Waals surface area (Å²) in [5.74, 6) is 0.657. The lowest BCUT2D eigenvalue weighted by Gasteiger charge is -2.12. The van der Waals surface area contributed by atoms with Crippen molar-refractivity contribution in [2.24, 2.45) is 0 Å². The Morgan fingerprint density at radius 2 is 2.17 bits per heavy atom. The highest BCUT2D eigenvalue weighted by Gasteiger charge is 2.08. The summed E-state index contributed by atoms with van der Waals surface area (Å²) in [7, 11) is 1.59. The Hall–Kier alpha value is -2.54. The summed E-state index contributed by atoms with van der Waals surface area (Å²) in [4.78, 5) is 4.22. The molecule has 0 saturated heterocycles. The molecular formula is C14H13N3O. The van der Waals surface area contributed by atoms with Crippen LogP contribution in [-0.2, 0) is 6.54 Å². The van der Waals surface area contributed by atoms with Crippen LogP contribution in [0, 0.1) is 11.3 Å². The van der Waals surface area contributed by atoms with Crippen LogP contribution in [0.1, 0.15) is 11.3 Å². The van der Waals surface area contributed by atoms with Gasteiger partial charge < -0.3 is 10.1 Å². The lowest BCUT2D eigenvalue weighted by molar-refractivity contribution is 0.416. The number of nitrogens with zero attached hydrogens (tertiary/aromatic N) is 2. The molecule has 0 aliphatic heterocycles. The first-order chi connectivity index (χ1) is 8.85. The molecule has 4 nitrogen and oxygen atoms in total. The van der Waals surface area contributed by atoms with Crippen molar-refractivity contribution in [3.05, 3.63) is 53.9 Å². The topological polar surface area (TPSA) is 57.9 Å². The number of hydrogen-bond donors (Lipinski definition) is 1. The van der Waals surface area contributed by atoms with Crippen LogP contribution in [0.2, 0.25) is 0 Å². The minimum Gasteiger partial charge on any atom is -0.495 e. The maximum Gasteiger partial charge on any atom is 0.143 e. The fourth-order valence-electron chi connectivity index (χ4n) is 1.66. The number of ether oxygens (including phenoxy) is 1. The molecule has 1 aromatic carbocycles. The number of aromatic nitrogens is 1. The van der Waals surface area contributed by atoms with Gasteiger partial charge >= 0.3 is 0 Å². The Bertz CT molecular complexity index is 561. The highest BCUT2D eigenvalue weighted by atomic mass is 16.5. The highest BCUT2D eigenvalue weighted by Crippen LogP contribution is 2.28. The van der Waals surface area contributed by atoms with E-state index in [1.165, 1.54) is 0 Å². The summed E-state index contributed by atoms with van der Waals surface area (Å²) in [6.45, 7) is 0.551. The molecule has 18 heavy (non-hydrogen) atoms. The number of para-hydroxylation sites is 1. The molecule has 0 radical (unpaired) electrons. The molecule has 1 aromatic heterocycles. The van der Waals surface area contributed by atoms with Crippen LogP contribution >= 0.6 is 0 Å². The van der Waals surface area contributed by atoms with Crippen molar-refractivity contribution in [1.82, 2.24) is 4.98 Å². The molecule has 1 N–H and O–H groups in total. The van der Waals surface area contributed by atoms with E-state index < -0.39 is 0 Å². The van der Waals surface area contributed by atoms with Crippen LogP contribution in [-0.4, -0.2) is 12.1 Å². The lowest BCUT2D eigenvalue weighted by Crippen LogP contribution is -2.04. The normalized spacial score (nSPS) is 9.56. The van der Waals surface area contributed by atoms with Crippen molar-refractivity contribution in [2.75, 3.05) is 12.4 Å². The molecule has 1 heterocycles. The molecule has 2 aromatic rings. The molecule has 90 valence electrons. The van der Waals surface area contributed by atoms with Gasteiger partial charge in [0, 0.05) is 6.20 Å². The second kappa shape index (κ2) is 5.69. The third kappa shape index (κ3) is 2.58. The SMILES string of the molecule is COc1cccc(C#N)c1NCc1ccccn1. The summed E-state index contributed by atoms with van der Waals surface area (Å²) in [5, 5.41) is 12.3. The van der Waals surface area contributed by atoms with Gasteiger partial charge in [0.25, 0.3) is 0 Å². The van der Waals surface area contributed by atoms with Crippen LogP contribution in [0.15, 0.2) is 42.6 Å². The molecule has 0 spiro atoms. The Kier molecular flexibility index (Phi) is 3.77. The largest absolute Gasteiger partial charge is 0.495 e. The maximum absolute atomic E-state index is 9.07. The quantitative estimate of drug-likeness (QED) is 0.890. The number of benzene rings is 1. The van der Waals surface area contributed by atoms with Crippen LogP contribution in [0.25, 0.3) is 0 Å². The second-order valence-corrected chi connectivity index (χ2v) is 3.67. The van der Waals surface area contributed by atoms with Crippen molar-refractivity contribution in [1.29, 1.82) is 5.26 Å². The monoisotopic (exact) mass is 239 g/mol. The van der Waals surface area contributed by atoms with Crippen LogP contribution in [0.4, 0.5) is 5.69 Å². The van der Waals surface area contributed by atoms with E-state index >= 15 is 0 Å². The summed E-state index contributed by atoms with van der Waals surface area (Å²) in [6.07, 6.45) is 1.74. The van der Waals surface area contributed by atoms with E-state index in [4.69, 9.17) is 10.00 Å². The van der Waals surface area contributed by atoms with Crippen LogP contribution in [0.3, 0.4) is 0 Å². The zero-order chi connectivity index (χ0) is 12.8. The molecule has 4 heteroatoms. The fourth-order valence-corrected chi connectivity index (χ4v) is 1.66. The van der Waals surface area contributed by atoms with E-state index in [1.807, 2.05) is 24.3 Å². The van der Waals surface area contributed by atoms with Gasteiger partial charge in [0.1, 0.15) is 11.8 Å². The van der Waals surface area contributed by atoms with Gasteiger partial charge in [-0.2, -0.15) is 5.26 Å². The molecule has 0 atom stereocenters. The molecule has 0 fully saturated rings. The van der Waals surface area contributed by atoms with E-state index in [1.54, 1.807) is 25.4 Å². The first kappa shape index (κ1) is 11.9. The summed E-state index contributed by atoms with van der Waals surface area (Å²) >= 11 is 0. The lowest BCUT2D eigenvalue weighted by atomic mass is 10.1. The summed E-state index contributed by atoms with van der Waals surface area (Å²) in [6, 6.07) is 13.2. The van der Waals surface area contributed by atoms with Gasteiger partial charge in [-0.3, -0.25) is 4.98 Å². The van der Waals surface area contributed by atoms with Gasteiger partial charge in [-0.05, 0) is 24.3 Å². The number of nitriles is 1. The zero-order valence-electron chi connectivity index (χ0n) is 10.1. The second-order valence-electron chi connectivity index (χ2n) is 3.67. The van der Waals surface area contributed by atoms with Crippen LogP contribution in [0.5, 0.6) is 5.75 Å². The molecule has 0 bridgehead atoms. The average Bonchev–Trinajstić information content (AvgIpc) is 2.45. The molecule has 0 unspecified atom stereocenters. The third-order valence-electron chi connectivity index (χ3n) is 2.54. The smallest absolute Gasteiger partial charge is 0.143 e. The Balaban J connectivity index is 2.21. The van der Waals surface area contributed by atoms with Gasteiger partial charge in [0.05, 0.1) is 30.6 Å². The molecule has 0 amide bonds. The van der Waals surface area contributed by atoms with Crippen molar-refractivity contribution < 1.29 is 4.74 Å². The van der Waals surface area contributed by atoms with E-state index in [9.17, 15) is 0 Å². The Morgan fingerprint density at radius 3 is 2.83 bits per heavy atom. The Labute approximate surface area is 106 Å². The number of pyridine rings is 1. The van der Waals surface area contributed by atoms with E-state index in [-0.39, 0.29) is 0 Å². The Morgan fingerprint density at radius 1 is 1.28 bits per heavy atom. The number of rotatable bonds is 4. The predicted octanol–water partition coefficient (Wildman–Crippen LogP) is 2.57. The van der Waals surface area contributed by atoms with Crippen molar-refractivity contribution >= 4 is 5.69 Å². The van der Waals surface area contributed by atoms with Gasteiger partial charge in [-0.25, -0.2) is 0 Å². The maximum atomic E-state index is 9.07. The minimum absolute atomic E-state index is 0.551. The van der Waals surface area contributed by atoms with Crippen LogP contribution < -0.4 is 10.1 Å². The van der Waals surface area contributed by atoms with Gasteiger partial charge in [-0.1, -0.05) is 12.1 Å². The van der Waals surface area contributed by atoms with E-state index in [2.05, 4.69) is 16.4 Å². The first-order valence-corrected chi connectivity index (χ1v) is 5.56. The van der Waals surface area contributed by atoms with Gasteiger partial charge in [-0.15, -0.1) is 0 Å². The average molecular weight is 239 g/mol. The van der Waals surface area contributed by atoms with E-state index in [0.717, 1.165) is 5.69 Å². The molecule has 0 aliphatic rings. The summed E-state index contributed by atoms with van der Waals surface area (Å²) in [5.41, 5.74) is 2.17. The molecule has 2 rings (SSSR count). The molecule has 0 aliphatic carbocycles. The molecule has 0 saturated carbocycles. The number of methoxy groups -OCH3 is 1. The number of anilines is 1. The predicted molar refractivity (Wildman–Crippen MR) is 69.3 cm³/mol. The van der Waals surface area contributed by atoms with Gasteiger partial charge in [0.2, 0.25) is 0 Å². The highest BCUT2D eigenvalue weighted by molar-refractivity contribution is 5.66. The molecular weight excluding hydrogens is 226 g/mol. The number of hydrogen-bond acceptors (Lipinski definition) is 4. The fraction of sp³-hybridized carbons (Fsp3) is 0.143. The zero-order valence-corrected chi connectivity index (χ0v) is 10.1. The van der Waals surface area contributed by atoms with Crippen molar-refractivity contribution in [3.8, 4) is 11.8 Å². The number of nitrogens with one attached hydrogen (secondary N) is 1. The van der Waals surface area contributed by atoms with Crippen molar-refractivity contribution in [3.63, 3.8) is 0 Å². The third-order valence-corrected chi connectivity index (χ3v) is 2.54. The van der Waals surface area contributed by atoms with Crippen molar-refractivity contribution in [2.45, 2.75) is 6.54 Å². The summed E-state index contributed by atoms with van der Waals surface area (Å²) < 4.78 is 5.24. The minimum atomic E-state index is 0.551. The standard InChI is InChI=1S/C14H13N3O/c1-18-13-7-4-5-11(9-15)14(13)17-10-12-6-2-3-8-16-12/h2-8,17H,10H2,1H3.